The predicted octanol–water partition coefficient (Wildman–Crippen LogP) is 3.91. The number of hydrogen-bond donors (Lipinski definition) is 3. The van der Waals surface area contributed by atoms with Crippen LogP contribution in [0.15, 0.2) is 12.2 Å². The molecule has 0 heterocycles. The molecule has 1 amide bonds. The highest BCUT2D eigenvalue weighted by Crippen LogP contribution is 2.62. The van der Waals surface area contributed by atoms with Gasteiger partial charge >= 0.3 is 5.97 Å². The van der Waals surface area contributed by atoms with Crippen molar-refractivity contribution in [2.24, 2.45) is 29.1 Å². The van der Waals surface area contributed by atoms with Gasteiger partial charge in [0.25, 0.3) is 0 Å². The van der Waals surface area contributed by atoms with Crippen LogP contribution in [-0.2, 0) is 9.59 Å². The number of rotatable bonds is 9. The van der Waals surface area contributed by atoms with Crippen molar-refractivity contribution in [1.82, 2.24) is 5.32 Å². The van der Waals surface area contributed by atoms with Crippen molar-refractivity contribution in [3.8, 4) is 0 Å². The highest BCUT2D eigenvalue weighted by atomic mass is 16.4. The number of carbonyl (C=O) groups excluding carboxylic acids is 1. The molecule has 5 atom stereocenters. The number of nitrogens with one attached hydrogen (secondary N) is 1. The summed E-state index contributed by atoms with van der Waals surface area (Å²) < 4.78 is 0. The maximum absolute atomic E-state index is 12.7. The first-order valence-corrected chi connectivity index (χ1v) is 11.2. The molecule has 5 nitrogen and oxygen atoms in total. The molecule has 0 spiro atoms. The second-order valence-electron chi connectivity index (χ2n) is 9.86. The molecule has 4 aliphatic carbocycles. The molecule has 4 aliphatic rings. The fourth-order valence-electron chi connectivity index (χ4n) is 5.94. The molecule has 4 fully saturated rings. The van der Waals surface area contributed by atoms with E-state index >= 15 is 0 Å². The van der Waals surface area contributed by atoms with E-state index in [-0.39, 0.29) is 24.3 Å². The lowest BCUT2D eigenvalue weighted by Crippen LogP contribution is -2.62. The molecular weight excluding hydrogens is 354 g/mol. The van der Waals surface area contributed by atoms with Gasteiger partial charge < -0.3 is 15.5 Å². The Labute approximate surface area is 169 Å². The fraction of sp³-hybridized carbons (Fsp3) is 0.826. The van der Waals surface area contributed by atoms with Crippen LogP contribution in [0.5, 0.6) is 0 Å². The van der Waals surface area contributed by atoms with Crippen molar-refractivity contribution < 1.29 is 19.8 Å². The highest BCUT2D eigenvalue weighted by Gasteiger charge is 2.57. The smallest absolute Gasteiger partial charge is 0.303 e. The Morgan fingerprint density at radius 1 is 1.18 bits per heavy atom. The molecular formula is C23H37NO4. The van der Waals surface area contributed by atoms with Gasteiger partial charge in [0.05, 0.1) is 0 Å². The molecule has 158 valence electrons. The minimum Gasteiger partial charge on any atom is -0.481 e. The van der Waals surface area contributed by atoms with Gasteiger partial charge in [0.15, 0.2) is 0 Å². The Morgan fingerprint density at radius 3 is 2.54 bits per heavy atom. The summed E-state index contributed by atoms with van der Waals surface area (Å²) in [5.41, 5.74) is 0.326. The second-order valence-corrected chi connectivity index (χ2v) is 9.86. The summed E-state index contributed by atoms with van der Waals surface area (Å²) in [5.74, 6) is 0.863. The van der Waals surface area contributed by atoms with Crippen LogP contribution in [0.2, 0.25) is 0 Å². The van der Waals surface area contributed by atoms with Crippen LogP contribution in [0.1, 0.15) is 78.1 Å². The third-order valence-electron chi connectivity index (χ3n) is 7.90. The van der Waals surface area contributed by atoms with Gasteiger partial charge in [-0.1, -0.05) is 38.8 Å². The van der Waals surface area contributed by atoms with Crippen LogP contribution < -0.4 is 5.32 Å². The summed E-state index contributed by atoms with van der Waals surface area (Å²) in [6.45, 7) is 4.70. The topological polar surface area (TPSA) is 86.6 Å². The van der Waals surface area contributed by atoms with Gasteiger partial charge in [-0.05, 0) is 74.0 Å². The molecule has 4 rings (SSSR count). The zero-order chi connectivity index (χ0) is 20.3. The quantitative estimate of drug-likeness (QED) is 0.411. The number of aliphatic hydroxyl groups is 1. The number of aliphatic hydroxyl groups excluding tert-OH is 1. The summed E-state index contributed by atoms with van der Waals surface area (Å²) in [7, 11) is 0. The largest absolute Gasteiger partial charge is 0.481 e. The van der Waals surface area contributed by atoms with Gasteiger partial charge in [-0.25, -0.2) is 0 Å². The zero-order valence-corrected chi connectivity index (χ0v) is 17.4. The third-order valence-corrected chi connectivity index (χ3v) is 7.90. The lowest BCUT2D eigenvalue weighted by Gasteiger charge is -2.62. The Bertz CT molecular complexity index is 593. The zero-order valence-electron chi connectivity index (χ0n) is 17.4. The van der Waals surface area contributed by atoms with E-state index in [9.17, 15) is 14.7 Å². The van der Waals surface area contributed by atoms with E-state index in [0.29, 0.717) is 29.6 Å². The minimum absolute atomic E-state index is 0.127. The average molecular weight is 392 g/mol. The normalized spacial score (nSPS) is 32.8. The Hall–Kier alpha value is -1.36. The molecule has 5 heteroatoms. The number of fused-ring (bicyclic) bond motifs is 2. The third kappa shape index (κ3) is 4.61. The molecule has 0 aromatic rings. The first-order chi connectivity index (χ1) is 13.3. The standard InChI is InChI=1S/C23H37NO4/c1-23(2)16-13-18(23)17(11-5-3-4-6-12-20(25)26)19(14-16)24-22(28)21(27)15-9-7-8-10-15/h3,5,15-19,21,27H,4,6-14H2,1-2H3,(H,24,28)(H,25,26)/b5-3-/t16-,17-,18+,19-,21+/m0/s1. The van der Waals surface area contributed by atoms with E-state index < -0.39 is 12.1 Å². The summed E-state index contributed by atoms with van der Waals surface area (Å²) in [6.07, 6.45) is 12.4. The van der Waals surface area contributed by atoms with Crippen LogP contribution in [0.3, 0.4) is 0 Å². The minimum atomic E-state index is -0.860. The monoisotopic (exact) mass is 391 g/mol. The van der Waals surface area contributed by atoms with Gasteiger partial charge in [-0.15, -0.1) is 0 Å². The maximum atomic E-state index is 12.7. The van der Waals surface area contributed by atoms with E-state index in [0.717, 1.165) is 44.9 Å². The van der Waals surface area contributed by atoms with E-state index in [1.807, 2.05) is 0 Å². The molecule has 28 heavy (non-hydrogen) atoms. The van der Waals surface area contributed by atoms with Crippen LogP contribution in [0.25, 0.3) is 0 Å². The van der Waals surface area contributed by atoms with E-state index in [1.54, 1.807) is 0 Å². The molecule has 4 saturated carbocycles. The summed E-state index contributed by atoms with van der Waals surface area (Å²) in [4.78, 5) is 23.3. The van der Waals surface area contributed by atoms with Crippen LogP contribution in [-0.4, -0.2) is 34.2 Å². The van der Waals surface area contributed by atoms with Gasteiger partial charge in [-0.3, -0.25) is 9.59 Å². The number of amides is 1. The number of aliphatic carboxylic acids is 1. The SMILES string of the molecule is CC1(C)[C@@H]2C[C@H](NC(=O)[C@H](O)C3CCCC3)[C@@H](C/C=C\CCCC(=O)O)[C@H]1C2. The fourth-order valence-corrected chi connectivity index (χ4v) is 5.94. The lowest BCUT2D eigenvalue weighted by atomic mass is 9.44. The van der Waals surface area contributed by atoms with Crippen LogP contribution in [0.4, 0.5) is 0 Å². The van der Waals surface area contributed by atoms with Crippen molar-refractivity contribution >= 4 is 11.9 Å². The Morgan fingerprint density at radius 2 is 1.89 bits per heavy atom. The van der Waals surface area contributed by atoms with Crippen LogP contribution >= 0.6 is 0 Å². The Kier molecular flexibility index (Phi) is 6.85. The van der Waals surface area contributed by atoms with Gasteiger partial charge in [0.1, 0.15) is 6.10 Å². The van der Waals surface area contributed by atoms with E-state index in [2.05, 4.69) is 31.3 Å². The summed E-state index contributed by atoms with van der Waals surface area (Å²) in [5, 5.41) is 22.4. The van der Waals surface area contributed by atoms with E-state index in [4.69, 9.17) is 5.11 Å². The van der Waals surface area contributed by atoms with Crippen molar-refractivity contribution in [1.29, 1.82) is 0 Å². The average Bonchev–Trinajstić information content (AvgIpc) is 3.18. The van der Waals surface area contributed by atoms with Gasteiger partial charge in [-0.2, -0.15) is 0 Å². The molecule has 0 unspecified atom stereocenters. The molecule has 0 saturated heterocycles. The van der Waals surface area contributed by atoms with Gasteiger partial charge in [0, 0.05) is 12.5 Å². The van der Waals surface area contributed by atoms with Crippen molar-refractivity contribution in [3.05, 3.63) is 12.2 Å². The first-order valence-electron chi connectivity index (χ1n) is 11.2. The molecule has 0 aromatic carbocycles. The van der Waals surface area contributed by atoms with Crippen molar-refractivity contribution in [2.75, 3.05) is 0 Å². The second kappa shape index (κ2) is 8.98. The number of carboxylic acid groups (broad SMARTS) is 1. The summed E-state index contributed by atoms with van der Waals surface area (Å²) >= 11 is 0. The number of carbonyl (C=O) groups is 2. The summed E-state index contributed by atoms with van der Waals surface area (Å²) in [6, 6.07) is 0.143. The van der Waals surface area contributed by atoms with Crippen molar-refractivity contribution in [2.45, 2.75) is 90.2 Å². The Balaban J connectivity index is 1.56. The van der Waals surface area contributed by atoms with Crippen LogP contribution in [0, 0.1) is 29.1 Å². The first kappa shape index (κ1) is 21.4. The number of hydrogen-bond acceptors (Lipinski definition) is 3. The number of carboxylic acids is 1. The number of allylic oxidation sites excluding steroid dienone is 2. The van der Waals surface area contributed by atoms with E-state index in [1.165, 1.54) is 6.42 Å². The molecule has 0 radical (unpaired) electrons. The molecule has 3 N–H and O–H groups in total. The molecule has 0 aromatic heterocycles. The molecule has 0 aliphatic heterocycles. The number of unbranched alkanes of at least 4 members (excludes halogenated alkanes) is 1. The van der Waals surface area contributed by atoms with Gasteiger partial charge in [0.2, 0.25) is 5.91 Å². The molecule has 2 bridgehead atoms. The lowest BCUT2D eigenvalue weighted by molar-refractivity contribution is -0.143. The maximum Gasteiger partial charge on any atom is 0.303 e. The van der Waals surface area contributed by atoms with Crippen molar-refractivity contribution in [3.63, 3.8) is 0 Å². The highest BCUT2D eigenvalue weighted by molar-refractivity contribution is 5.81. The predicted molar refractivity (Wildman–Crippen MR) is 109 cm³/mol.